The number of nitrogens with one attached hydrogen (secondary N) is 1. The molecule has 1 amide bonds. The van der Waals surface area contributed by atoms with Gasteiger partial charge in [0.1, 0.15) is 0 Å². The van der Waals surface area contributed by atoms with Gasteiger partial charge in [-0.05, 0) is 42.5 Å². The van der Waals surface area contributed by atoms with Crippen molar-refractivity contribution >= 4 is 40.5 Å². The van der Waals surface area contributed by atoms with Gasteiger partial charge < -0.3 is 11.1 Å². The zero-order valence-electron chi connectivity index (χ0n) is 9.28. The monoisotopic (exact) mass is 280 g/mol. The van der Waals surface area contributed by atoms with Crippen LogP contribution < -0.4 is 11.1 Å². The Kier molecular flexibility index (Phi) is 3.75. The first-order valence-electron chi connectivity index (χ1n) is 5.17. The number of benzene rings is 2. The standard InChI is InChI=1S/C13H10Cl2N2O/c14-9-1-3-12(4-2-9)17-13(18)8-5-10(15)7-11(16)6-8/h1-7H,16H2,(H,17,18). The van der Waals surface area contributed by atoms with Crippen LogP contribution in [0.25, 0.3) is 0 Å². The fourth-order valence-corrected chi connectivity index (χ4v) is 1.85. The van der Waals surface area contributed by atoms with Gasteiger partial charge in [-0.3, -0.25) is 4.79 Å². The molecule has 0 fully saturated rings. The number of carbonyl (C=O) groups excluding carboxylic acids is 1. The summed E-state index contributed by atoms with van der Waals surface area (Å²) in [5.41, 5.74) is 7.14. The van der Waals surface area contributed by atoms with Crippen molar-refractivity contribution < 1.29 is 4.79 Å². The van der Waals surface area contributed by atoms with Crippen LogP contribution in [0, 0.1) is 0 Å². The molecule has 0 unspecified atom stereocenters. The summed E-state index contributed by atoms with van der Waals surface area (Å²) < 4.78 is 0. The minimum Gasteiger partial charge on any atom is -0.399 e. The Morgan fingerprint density at radius 3 is 2.28 bits per heavy atom. The van der Waals surface area contributed by atoms with Crippen LogP contribution >= 0.6 is 23.2 Å². The van der Waals surface area contributed by atoms with Gasteiger partial charge in [0.25, 0.3) is 5.91 Å². The highest BCUT2D eigenvalue weighted by Crippen LogP contribution is 2.19. The predicted molar refractivity (Wildman–Crippen MR) is 75.3 cm³/mol. The van der Waals surface area contributed by atoms with E-state index in [1.54, 1.807) is 42.5 Å². The van der Waals surface area contributed by atoms with Gasteiger partial charge in [-0.1, -0.05) is 23.2 Å². The lowest BCUT2D eigenvalue weighted by molar-refractivity contribution is 0.102. The second-order valence-electron chi connectivity index (χ2n) is 3.73. The van der Waals surface area contributed by atoms with Crippen LogP contribution in [0.3, 0.4) is 0 Å². The Labute approximate surface area is 115 Å². The summed E-state index contributed by atoms with van der Waals surface area (Å²) >= 11 is 11.6. The van der Waals surface area contributed by atoms with Crippen LogP contribution in [0.15, 0.2) is 42.5 Å². The van der Waals surface area contributed by atoms with Gasteiger partial charge in [0.2, 0.25) is 0 Å². The first-order chi connectivity index (χ1) is 8.54. The molecule has 5 heteroatoms. The zero-order valence-corrected chi connectivity index (χ0v) is 10.8. The summed E-state index contributed by atoms with van der Waals surface area (Å²) in [7, 11) is 0. The molecule has 3 N–H and O–H groups in total. The van der Waals surface area contributed by atoms with Crippen LogP contribution in [0.2, 0.25) is 10.0 Å². The van der Waals surface area contributed by atoms with Crippen LogP contribution in [0.4, 0.5) is 11.4 Å². The molecule has 0 spiro atoms. The first kappa shape index (κ1) is 12.7. The Morgan fingerprint density at radius 1 is 1.00 bits per heavy atom. The third kappa shape index (κ3) is 3.15. The second-order valence-corrected chi connectivity index (χ2v) is 4.61. The predicted octanol–water partition coefficient (Wildman–Crippen LogP) is 3.83. The van der Waals surface area contributed by atoms with Crippen molar-refractivity contribution in [1.29, 1.82) is 0 Å². The molecule has 0 saturated carbocycles. The summed E-state index contributed by atoms with van der Waals surface area (Å²) in [6.07, 6.45) is 0. The number of hydrogen-bond acceptors (Lipinski definition) is 2. The van der Waals surface area contributed by atoms with E-state index >= 15 is 0 Å². The quantitative estimate of drug-likeness (QED) is 0.822. The van der Waals surface area contributed by atoms with Gasteiger partial charge in [-0.15, -0.1) is 0 Å². The average molecular weight is 281 g/mol. The van der Waals surface area contributed by atoms with E-state index in [9.17, 15) is 4.79 Å². The van der Waals surface area contributed by atoms with Gasteiger partial charge in [-0.2, -0.15) is 0 Å². The second kappa shape index (κ2) is 5.29. The van der Waals surface area contributed by atoms with Crippen LogP contribution in [0.1, 0.15) is 10.4 Å². The fourth-order valence-electron chi connectivity index (χ4n) is 1.48. The van der Waals surface area contributed by atoms with E-state index in [-0.39, 0.29) is 5.91 Å². The molecule has 0 radical (unpaired) electrons. The van der Waals surface area contributed by atoms with Crippen molar-refractivity contribution in [1.82, 2.24) is 0 Å². The number of nitrogens with two attached hydrogens (primary N) is 1. The van der Waals surface area contributed by atoms with Crippen LogP contribution in [-0.4, -0.2) is 5.91 Å². The number of nitrogen functional groups attached to an aromatic ring is 1. The van der Waals surface area contributed by atoms with Crippen LogP contribution in [-0.2, 0) is 0 Å². The van der Waals surface area contributed by atoms with E-state index in [4.69, 9.17) is 28.9 Å². The maximum Gasteiger partial charge on any atom is 0.255 e. The highest BCUT2D eigenvalue weighted by atomic mass is 35.5. The van der Waals surface area contributed by atoms with E-state index in [0.29, 0.717) is 27.0 Å². The van der Waals surface area contributed by atoms with Gasteiger partial charge in [0.15, 0.2) is 0 Å². The molecule has 3 nitrogen and oxygen atoms in total. The number of rotatable bonds is 2. The van der Waals surface area contributed by atoms with Crippen molar-refractivity contribution in [3.8, 4) is 0 Å². The maximum absolute atomic E-state index is 11.9. The third-order valence-corrected chi connectivity index (χ3v) is 2.75. The lowest BCUT2D eigenvalue weighted by Gasteiger charge is -2.06. The van der Waals surface area contributed by atoms with Crippen molar-refractivity contribution in [3.05, 3.63) is 58.1 Å². The average Bonchev–Trinajstić information content (AvgIpc) is 2.31. The van der Waals surface area contributed by atoms with Gasteiger partial charge >= 0.3 is 0 Å². The molecule has 0 aliphatic carbocycles. The lowest BCUT2D eigenvalue weighted by atomic mass is 10.2. The van der Waals surface area contributed by atoms with Crippen molar-refractivity contribution in [2.45, 2.75) is 0 Å². The maximum atomic E-state index is 11.9. The summed E-state index contributed by atoms with van der Waals surface area (Å²) in [5.74, 6) is -0.272. The third-order valence-electron chi connectivity index (χ3n) is 2.28. The zero-order chi connectivity index (χ0) is 13.1. The highest BCUT2D eigenvalue weighted by molar-refractivity contribution is 6.31. The largest absolute Gasteiger partial charge is 0.399 e. The molecule has 92 valence electrons. The van der Waals surface area contributed by atoms with Gasteiger partial charge in [0.05, 0.1) is 0 Å². The Balaban J connectivity index is 2.19. The highest BCUT2D eigenvalue weighted by Gasteiger charge is 2.07. The molecule has 2 aromatic rings. The van der Waals surface area contributed by atoms with Gasteiger partial charge in [0, 0.05) is 27.0 Å². The van der Waals surface area contributed by atoms with Gasteiger partial charge in [-0.25, -0.2) is 0 Å². The molecular formula is C13H10Cl2N2O. The number of hydrogen-bond donors (Lipinski definition) is 2. The molecule has 0 saturated heterocycles. The van der Waals surface area contributed by atoms with Crippen LogP contribution in [0.5, 0.6) is 0 Å². The minimum atomic E-state index is -0.272. The molecule has 0 aromatic heterocycles. The summed E-state index contributed by atoms with van der Waals surface area (Å²) in [6, 6.07) is 11.5. The number of amides is 1. The number of halogens is 2. The van der Waals surface area contributed by atoms with E-state index in [1.165, 1.54) is 0 Å². The van der Waals surface area contributed by atoms with E-state index in [1.807, 2.05) is 0 Å². The molecule has 18 heavy (non-hydrogen) atoms. The minimum absolute atomic E-state index is 0.272. The Bertz CT molecular complexity index is 562. The molecule has 2 rings (SSSR count). The molecule has 0 bridgehead atoms. The lowest BCUT2D eigenvalue weighted by Crippen LogP contribution is -2.12. The number of anilines is 2. The summed E-state index contributed by atoms with van der Waals surface area (Å²) in [4.78, 5) is 11.9. The first-order valence-corrected chi connectivity index (χ1v) is 5.93. The normalized spacial score (nSPS) is 10.1. The topological polar surface area (TPSA) is 55.1 Å². The fraction of sp³-hybridized carbons (Fsp3) is 0. The summed E-state index contributed by atoms with van der Waals surface area (Å²) in [5, 5.41) is 3.77. The number of carbonyl (C=O) groups is 1. The van der Waals surface area contributed by atoms with Crippen molar-refractivity contribution in [3.63, 3.8) is 0 Å². The van der Waals surface area contributed by atoms with E-state index < -0.39 is 0 Å². The smallest absolute Gasteiger partial charge is 0.255 e. The van der Waals surface area contributed by atoms with E-state index in [2.05, 4.69) is 5.32 Å². The molecule has 0 heterocycles. The molecule has 0 aliphatic rings. The molecular weight excluding hydrogens is 271 g/mol. The molecule has 2 aromatic carbocycles. The van der Waals surface area contributed by atoms with Crippen molar-refractivity contribution in [2.75, 3.05) is 11.1 Å². The van der Waals surface area contributed by atoms with E-state index in [0.717, 1.165) is 0 Å². The Hall–Kier alpha value is -1.71. The summed E-state index contributed by atoms with van der Waals surface area (Å²) in [6.45, 7) is 0. The SMILES string of the molecule is Nc1cc(Cl)cc(C(=O)Nc2ccc(Cl)cc2)c1. The molecule has 0 atom stereocenters. The molecule has 0 aliphatic heterocycles. The van der Waals surface area contributed by atoms with Crippen molar-refractivity contribution in [2.24, 2.45) is 0 Å². The Morgan fingerprint density at radius 2 is 1.67 bits per heavy atom.